The van der Waals surface area contributed by atoms with Crippen molar-refractivity contribution >= 4 is 23.4 Å². The van der Waals surface area contributed by atoms with Gasteiger partial charge in [-0.2, -0.15) is 13.9 Å². The lowest BCUT2D eigenvalue weighted by atomic mass is 10.2. The van der Waals surface area contributed by atoms with Crippen LogP contribution in [0.25, 0.3) is 0 Å². The number of alkyl halides is 2. The van der Waals surface area contributed by atoms with Crippen LogP contribution in [0.2, 0.25) is 0 Å². The van der Waals surface area contributed by atoms with Crippen LogP contribution < -0.4 is 5.32 Å². The number of anilines is 1. The third-order valence-electron chi connectivity index (χ3n) is 2.83. The molecule has 4 nitrogen and oxygen atoms in total. The topological polar surface area (TPSA) is 46.9 Å². The Hall–Kier alpha value is -1.89. The fraction of sp³-hybridized carbons (Fsp3) is 0.231. The second-order valence-electron chi connectivity index (χ2n) is 4.10. The number of carbonyl (C=O) groups is 1. The summed E-state index contributed by atoms with van der Waals surface area (Å²) in [6.45, 7) is 1.77. The zero-order valence-corrected chi connectivity index (χ0v) is 11.7. The van der Waals surface area contributed by atoms with E-state index in [0.717, 1.165) is 0 Å². The number of para-hydroxylation sites is 1. The van der Waals surface area contributed by atoms with Gasteiger partial charge in [-0.15, -0.1) is 0 Å². The molecule has 0 fully saturated rings. The van der Waals surface area contributed by atoms with E-state index >= 15 is 0 Å². The van der Waals surface area contributed by atoms with Crippen molar-refractivity contribution in [3.05, 3.63) is 41.7 Å². The number of thioether (sulfide) groups is 1. The standard InChI is InChI=1S/C13H13F2N3OS/c1-8-9(7-16-18(8)2)12(19)17-10-5-3-4-6-11(10)20-13(14)15/h3-7,13H,1-2H3,(H,17,19). The van der Waals surface area contributed by atoms with Crippen molar-refractivity contribution in [3.63, 3.8) is 0 Å². The van der Waals surface area contributed by atoms with E-state index in [9.17, 15) is 13.6 Å². The minimum atomic E-state index is -2.53. The summed E-state index contributed by atoms with van der Waals surface area (Å²) >= 11 is 0.403. The van der Waals surface area contributed by atoms with E-state index < -0.39 is 5.76 Å². The van der Waals surface area contributed by atoms with Crippen LogP contribution in [-0.4, -0.2) is 21.4 Å². The number of halogens is 2. The molecule has 2 aromatic rings. The number of benzene rings is 1. The van der Waals surface area contributed by atoms with E-state index in [1.54, 1.807) is 42.9 Å². The number of amides is 1. The highest BCUT2D eigenvalue weighted by atomic mass is 32.2. The Balaban J connectivity index is 2.22. The number of aromatic nitrogens is 2. The third kappa shape index (κ3) is 3.16. The van der Waals surface area contributed by atoms with Gasteiger partial charge in [-0.25, -0.2) is 0 Å². The predicted molar refractivity (Wildman–Crippen MR) is 74.2 cm³/mol. The summed E-state index contributed by atoms with van der Waals surface area (Å²) in [5.74, 6) is -2.90. The quantitative estimate of drug-likeness (QED) is 0.881. The summed E-state index contributed by atoms with van der Waals surface area (Å²) in [4.78, 5) is 12.5. The molecule has 0 aliphatic carbocycles. The molecule has 1 N–H and O–H groups in total. The van der Waals surface area contributed by atoms with Gasteiger partial charge >= 0.3 is 0 Å². The van der Waals surface area contributed by atoms with Crippen molar-refractivity contribution < 1.29 is 13.6 Å². The Morgan fingerprint density at radius 3 is 2.70 bits per heavy atom. The first-order chi connectivity index (χ1) is 9.49. The summed E-state index contributed by atoms with van der Waals surface area (Å²) in [5, 5.41) is 6.62. The van der Waals surface area contributed by atoms with Crippen molar-refractivity contribution in [2.75, 3.05) is 5.32 Å². The summed E-state index contributed by atoms with van der Waals surface area (Å²) in [6.07, 6.45) is 1.45. The lowest BCUT2D eigenvalue weighted by Crippen LogP contribution is -2.13. The maximum atomic E-state index is 12.5. The number of aryl methyl sites for hydroxylation is 1. The minimum Gasteiger partial charge on any atom is -0.321 e. The van der Waals surface area contributed by atoms with Crippen LogP contribution >= 0.6 is 11.8 Å². The molecule has 0 atom stereocenters. The lowest BCUT2D eigenvalue weighted by molar-refractivity contribution is 0.102. The van der Waals surface area contributed by atoms with E-state index in [1.807, 2.05) is 0 Å². The van der Waals surface area contributed by atoms with E-state index in [-0.39, 0.29) is 5.91 Å². The monoisotopic (exact) mass is 297 g/mol. The van der Waals surface area contributed by atoms with E-state index in [2.05, 4.69) is 10.4 Å². The average molecular weight is 297 g/mol. The second kappa shape index (κ2) is 6.04. The van der Waals surface area contributed by atoms with Crippen molar-refractivity contribution in [2.24, 2.45) is 7.05 Å². The first-order valence-corrected chi connectivity index (χ1v) is 6.71. The van der Waals surface area contributed by atoms with Crippen molar-refractivity contribution in [2.45, 2.75) is 17.6 Å². The van der Waals surface area contributed by atoms with E-state index in [1.165, 1.54) is 6.20 Å². The number of hydrogen-bond donors (Lipinski definition) is 1. The molecular formula is C13H13F2N3OS. The van der Waals surface area contributed by atoms with Crippen LogP contribution in [0.15, 0.2) is 35.4 Å². The largest absolute Gasteiger partial charge is 0.321 e. The fourth-order valence-electron chi connectivity index (χ4n) is 1.68. The zero-order valence-electron chi connectivity index (χ0n) is 10.9. The molecular weight excluding hydrogens is 284 g/mol. The molecule has 0 aliphatic heterocycles. The second-order valence-corrected chi connectivity index (χ2v) is 5.13. The zero-order chi connectivity index (χ0) is 14.7. The van der Waals surface area contributed by atoms with Gasteiger partial charge in [-0.1, -0.05) is 23.9 Å². The van der Waals surface area contributed by atoms with Crippen molar-refractivity contribution in [3.8, 4) is 0 Å². The molecule has 0 unspecified atom stereocenters. The molecule has 0 bridgehead atoms. The van der Waals surface area contributed by atoms with Crippen LogP contribution in [-0.2, 0) is 7.05 Å². The van der Waals surface area contributed by atoms with Gasteiger partial charge in [0.1, 0.15) is 0 Å². The smallest absolute Gasteiger partial charge is 0.288 e. The van der Waals surface area contributed by atoms with Gasteiger partial charge in [0.15, 0.2) is 0 Å². The Kier molecular flexibility index (Phi) is 4.39. The Morgan fingerprint density at radius 1 is 1.40 bits per heavy atom. The maximum Gasteiger partial charge on any atom is 0.288 e. The minimum absolute atomic E-state index is 0.331. The van der Waals surface area contributed by atoms with Crippen molar-refractivity contribution in [1.29, 1.82) is 0 Å². The third-order valence-corrected chi connectivity index (χ3v) is 3.62. The van der Waals surface area contributed by atoms with E-state index in [4.69, 9.17) is 0 Å². The molecule has 1 aromatic heterocycles. The predicted octanol–water partition coefficient (Wildman–Crippen LogP) is 3.30. The van der Waals surface area contributed by atoms with Crippen LogP contribution in [0.1, 0.15) is 16.1 Å². The molecule has 0 spiro atoms. The number of hydrogen-bond acceptors (Lipinski definition) is 3. The van der Waals surface area contributed by atoms with E-state index in [0.29, 0.717) is 33.6 Å². The molecule has 1 heterocycles. The van der Waals surface area contributed by atoms with Gasteiger partial charge in [0, 0.05) is 17.6 Å². The highest BCUT2D eigenvalue weighted by Gasteiger charge is 2.16. The summed E-state index contributed by atoms with van der Waals surface area (Å²) < 4.78 is 26.5. The number of rotatable bonds is 4. The van der Waals surface area contributed by atoms with Crippen LogP contribution in [0.5, 0.6) is 0 Å². The Morgan fingerprint density at radius 2 is 2.10 bits per heavy atom. The maximum absolute atomic E-state index is 12.5. The van der Waals surface area contributed by atoms with Crippen LogP contribution in [0.4, 0.5) is 14.5 Å². The van der Waals surface area contributed by atoms with Gasteiger partial charge in [-0.05, 0) is 19.1 Å². The molecule has 20 heavy (non-hydrogen) atoms. The SMILES string of the molecule is Cc1c(C(=O)Nc2ccccc2SC(F)F)cnn1C. The van der Waals surface area contributed by atoms with Gasteiger partial charge in [0.25, 0.3) is 11.7 Å². The van der Waals surface area contributed by atoms with Crippen LogP contribution in [0, 0.1) is 6.92 Å². The number of nitrogens with one attached hydrogen (secondary N) is 1. The van der Waals surface area contributed by atoms with Crippen LogP contribution in [0.3, 0.4) is 0 Å². The Bertz CT molecular complexity index is 628. The van der Waals surface area contributed by atoms with Gasteiger partial charge < -0.3 is 5.32 Å². The summed E-state index contributed by atoms with van der Waals surface area (Å²) in [6, 6.07) is 6.47. The first-order valence-electron chi connectivity index (χ1n) is 5.83. The summed E-state index contributed by atoms with van der Waals surface area (Å²) in [7, 11) is 1.73. The summed E-state index contributed by atoms with van der Waals surface area (Å²) in [5.41, 5.74) is 1.50. The highest BCUT2D eigenvalue weighted by Crippen LogP contribution is 2.31. The first kappa shape index (κ1) is 14.5. The fourth-order valence-corrected chi connectivity index (χ4v) is 2.28. The molecule has 1 amide bonds. The van der Waals surface area contributed by atoms with Gasteiger partial charge in [0.2, 0.25) is 0 Å². The molecule has 0 saturated carbocycles. The molecule has 0 saturated heterocycles. The van der Waals surface area contributed by atoms with Gasteiger partial charge in [0.05, 0.1) is 17.4 Å². The lowest BCUT2D eigenvalue weighted by Gasteiger charge is -2.10. The number of carbonyl (C=O) groups excluding carboxylic acids is 1. The highest BCUT2D eigenvalue weighted by molar-refractivity contribution is 7.99. The Labute approximate surface area is 119 Å². The molecule has 7 heteroatoms. The molecule has 0 radical (unpaired) electrons. The number of nitrogens with zero attached hydrogens (tertiary/aromatic N) is 2. The molecule has 0 aliphatic rings. The average Bonchev–Trinajstić information content (AvgIpc) is 2.72. The van der Waals surface area contributed by atoms with Gasteiger partial charge in [-0.3, -0.25) is 9.48 Å². The molecule has 106 valence electrons. The molecule has 2 rings (SSSR count). The molecule has 1 aromatic carbocycles. The van der Waals surface area contributed by atoms with Crippen molar-refractivity contribution in [1.82, 2.24) is 9.78 Å². The normalized spacial score (nSPS) is 10.8.